The molecule has 6 nitrogen and oxygen atoms in total. The van der Waals surface area contributed by atoms with Gasteiger partial charge in [-0.15, -0.1) is 15.3 Å². The number of rotatable bonds is 3. The van der Waals surface area contributed by atoms with Crippen LogP contribution in [0.4, 0.5) is 19.0 Å². The third kappa shape index (κ3) is 3.17. The lowest BCUT2D eigenvalue weighted by Gasteiger charge is -2.30. The number of fused-ring (bicyclic) bond motifs is 1. The van der Waals surface area contributed by atoms with Gasteiger partial charge >= 0.3 is 6.18 Å². The first-order chi connectivity index (χ1) is 11.3. The number of likely N-dealkylation sites (tertiary alicyclic amines) is 1. The monoisotopic (exact) mass is 342 g/mol. The molecule has 2 aromatic rings. The molecule has 3 heterocycles. The van der Waals surface area contributed by atoms with E-state index >= 15 is 0 Å². The lowest BCUT2D eigenvalue weighted by Crippen LogP contribution is -2.35. The van der Waals surface area contributed by atoms with Gasteiger partial charge in [-0.3, -0.25) is 0 Å². The fourth-order valence-corrected chi connectivity index (χ4v) is 3.15. The summed E-state index contributed by atoms with van der Waals surface area (Å²) in [4.78, 5) is 2.27. The maximum absolute atomic E-state index is 13.0. The van der Waals surface area contributed by atoms with E-state index in [1.54, 1.807) is 6.92 Å². The lowest BCUT2D eigenvalue weighted by atomic mass is 9.98. The molecule has 0 amide bonds. The van der Waals surface area contributed by atoms with Crippen LogP contribution in [-0.2, 0) is 6.18 Å². The molecule has 9 heteroatoms. The molecule has 2 aromatic heterocycles. The van der Waals surface area contributed by atoms with Crippen molar-refractivity contribution in [3.63, 3.8) is 0 Å². The molecule has 1 N–H and O–H groups in total. The third-order valence-corrected chi connectivity index (χ3v) is 4.63. The van der Waals surface area contributed by atoms with Crippen molar-refractivity contribution < 1.29 is 13.2 Å². The number of nitrogens with zero attached hydrogens (tertiary/aromatic N) is 5. The maximum atomic E-state index is 13.0. The summed E-state index contributed by atoms with van der Waals surface area (Å²) in [6.07, 6.45) is -2.34. The molecule has 0 bridgehead atoms. The van der Waals surface area contributed by atoms with Gasteiger partial charge in [-0.25, -0.2) is 0 Å². The van der Waals surface area contributed by atoms with Crippen LogP contribution in [0.3, 0.4) is 0 Å². The highest BCUT2D eigenvalue weighted by atomic mass is 19.4. The van der Waals surface area contributed by atoms with Crippen LogP contribution in [0.15, 0.2) is 0 Å². The Morgan fingerprint density at radius 1 is 1.21 bits per heavy atom. The molecular weight excluding hydrogens is 321 g/mol. The second-order valence-electron chi connectivity index (χ2n) is 6.51. The molecule has 1 fully saturated rings. The molecule has 0 radical (unpaired) electrons. The van der Waals surface area contributed by atoms with Gasteiger partial charge < -0.3 is 10.2 Å². The second kappa shape index (κ2) is 6.19. The van der Waals surface area contributed by atoms with Crippen molar-refractivity contribution >= 4 is 11.5 Å². The largest absolute Gasteiger partial charge is 0.453 e. The number of hydrogen-bond acceptors (Lipinski definition) is 5. The van der Waals surface area contributed by atoms with Crippen LogP contribution in [0.25, 0.3) is 5.65 Å². The molecule has 1 aliphatic rings. The fourth-order valence-electron chi connectivity index (χ4n) is 3.15. The van der Waals surface area contributed by atoms with Crippen LogP contribution < -0.4 is 5.32 Å². The molecule has 1 saturated heterocycles. The molecule has 132 valence electrons. The Bertz CT molecular complexity index is 739. The van der Waals surface area contributed by atoms with Crippen molar-refractivity contribution in [1.29, 1.82) is 0 Å². The summed E-state index contributed by atoms with van der Waals surface area (Å²) < 4.78 is 39.9. The highest BCUT2D eigenvalue weighted by Crippen LogP contribution is 2.29. The van der Waals surface area contributed by atoms with Crippen LogP contribution in [0.2, 0.25) is 0 Å². The van der Waals surface area contributed by atoms with E-state index in [0.29, 0.717) is 23.8 Å². The van der Waals surface area contributed by atoms with Crippen molar-refractivity contribution in [2.24, 2.45) is 5.92 Å². The molecule has 24 heavy (non-hydrogen) atoms. The van der Waals surface area contributed by atoms with Crippen molar-refractivity contribution in [3.05, 3.63) is 17.0 Å². The SMILES string of the molecule is Cc1c(NC[C@@H]2CCCN(C)C2)nn2c(C(F)(F)F)nnc2c1C. The summed E-state index contributed by atoms with van der Waals surface area (Å²) in [5.41, 5.74) is 1.59. The van der Waals surface area contributed by atoms with Gasteiger partial charge in [-0.1, -0.05) is 0 Å². The van der Waals surface area contributed by atoms with Gasteiger partial charge in [-0.2, -0.15) is 17.7 Å². The molecule has 1 aliphatic heterocycles. The van der Waals surface area contributed by atoms with E-state index in [0.717, 1.165) is 36.0 Å². The number of anilines is 1. The summed E-state index contributed by atoms with van der Waals surface area (Å²) in [6, 6.07) is 0. The smallest absolute Gasteiger partial charge is 0.368 e. The Labute approximate surface area is 138 Å². The van der Waals surface area contributed by atoms with E-state index in [2.05, 4.69) is 32.6 Å². The van der Waals surface area contributed by atoms with Crippen LogP contribution in [0.1, 0.15) is 29.8 Å². The average Bonchev–Trinajstić information content (AvgIpc) is 2.93. The van der Waals surface area contributed by atoms with E-state index < -0.39 is 12.0 Å². The highest BCUT2D eigenvalue weighted by Gasteiger charge is 2.38. The minimum Gasteiger partial charge on any atom is -0.368 e. The molecule has 0 aliphatic carbocycles. The van der Waals surface area contributed by atoms with Crippen LogP contribution >= 0.6 is 0 Å². The standard InChI is InChI=1S/C15H21F3N6/c1-9-10(2)13-20-21-14(15(16,17)18)24(13)22-12(9)19-7-11-5-4-6-23(3)8-11/h11H,4-8H2,1-3H3,(H,19,22)/t11-/m0/s1. The Hall–Kier alpha value is -1.90. The number of hydrogen-bond donors (Lipinski definition) is 1. The normalized spacial score (nSPS) is 19.8. The van der Waals surface area contributed by atoms with Crippen molar-refractivity contribution in [2.45, 2.75) is 32.9 Å². The van der Waals surface area contributed by atoms with Gasteiger partial charge in [0.1, 0.15) is 5.82 Å². The average molecular weight is 342 g/mol. The summed E-state index contributed by atoms with van der Waals surface area (Å²) in [6.45, 7) is 6.33. The number of nitrogens with one attached hydrogen (secondary N) is 1. The quantitative estimate of drug-likeness (QED) is 0.929. The first-order valence-electron chi connectivity index (χ1n) is 7.99. The van der Waals surface area contributed by atoms with Gasteiger partial charge in [0, 0.05) is 18.7 Å². The molecule has 0 saturated carbocycles. The van der Waals surface area contributed by atoms with Gasteiger partial charge in [0.25, 0.3) is 5.82 Å². The first-order valence-corrected chi connectivity index (χ1v) is 7.99. The number of alkyl halides is 3. The summed E-state index contributed by atoms with van der Waals surface area (Å²) in [7, 11) is 2.08. The van der Waals surface area contributed by atoms with Crippen LogP contribution in [-0.4, -0.2) is 51.4 Å². The number of halogens is 3. The van der Waals surface area contributed by atoms with Crippen LogP contribution in [0.5, 0.6) is 0 Å². The summed E-state index contributed by atoms with van der Waals surface area (Å²) >= 11 is 0. The lowest BCUT2D eigenvalue weighted by molar-refractivity contribution is -0.146. The zero-order valence-electron chi connectivity index (χ0n) is 14.0. The Morgan fingerprint density at radius 2 is 1.96 bits per heavy atom. The van der Waals surface area contributed by atoms with Gasteiger partial charge in [0.2, 0.25) is 0 Å². The van der Waals surface area contributed by atoms with E-state index in [-0.39, 0.29) is 5.65 Å². The number of aromatic nitrogens is 4. The van der Waals surface area contributed by atoms with E-state index in [9.17, 15) is 13.2 Å². The number of piperidine rings is 1. The molecular formula is C15H21F3N6. The second-order valence-corrected chi connectivity index (χ2v) is 6.51. The predicted octanol–water partition coefficient (Wildman–Crippen LogP) is 2.51. The van der Waals surface area contributed by atoms with E-state index in [1.807, 2.05) is 6.92 Å². The molecule has 1 atom stereocenters. The van der Waals surface area contributed by atoms with Crippen LogP contribution in [0, 0.1) is 19.8 Å². The van der Waals surface area contributed by atoms with Crippen molar-refractivity contribution in [2.75, 3.05) is 32.0 Å². The predicted molar refractivity (Wildman–Crippen MR) is 84.0 cm³/mol. The Balaban J connectivity index is 1.88. The topological polar surface area (TPSA) is 58.4 Å². The molecule has 0 aromatic carbocycles. The van der Waals surface area contributed by atoms with Gasteiger partial charge in [0.05, 0.1) is 0 Å². The summed E-state index contributed by atoms with van der Waals surface area (Å²) in [5.74, 6) is -0.177. The zero-order chi connectivity index (χ0) is 17.5. The zero-order valence-corrected chi connectivity index (χ0v) is 14.0. The Morgan fingerprint density at radius 3 is 2.62 bits per heavy atom. The molecule has 0 spiro atoms. The molecule has 3 rings (SSSR count). The first kappa shape index (κ1) is 16.9. The Kier molecular flexibility index (Phi) is 4.37. The highest BCUT2D eigenvalue weighted by molar-refractivity contribution is 5.58. The third-order valence-electron chi connectivity index (χ3n) is 4.63. The maximum Gasteiger partial charge on any atom is 0.453 e. The number of aryl methyl sites for hydroxylation is 1. The van der Waals surface area contributed by atoms with Gasteiger partial charge in [-0.05, 0) is 51.8 Å². The minimum atomic E-state index is -4.59. The van der Waals surface area contributed by atoms with Gasteiger partial charge in [0.15, 0.2) is 5.65 Å². The van der Waals surface area contributed by atoms with E-state index in [1.165, 1.54) is 0 Å². The van der Waals surface area contributed by atoms with Crippen molar-refractivity contribution in [3.8, 4) is 0 Å². The van der Waals surface area contributed by atoms with E-state index in [4.69, 9.17) is 0 Å². The minimum absolute atomic E-state index is 0.141. The fraction of sp³-hybridized carbons (Fsp3) is 0.667. The molecule has 0 unspecified atom stereocenters. The summed E-state index contributed by atoms with van der Waals surface area (Å²) in [5, 5.41) is 14.2. The van der Waals surface area contributed by atoms with Crippen molar-refractivity contribution in [1.82, 2.24) is 24.7 Å².